The van der Waals surface area contributed by atoms with E-state index in [-0.39, 0.29) is 18.0 Å². The maximum Gasteiger partial charge on any atom is 0.221 e. The second kappa shape index (κ2) is 5.79. The summed E-state index contributed by atoms with van der Waals surface area (Å²) >= 11 is 0. The van der Waals surface area contributed by atoms with Crippen LogP contribution in [-0.2, 0) is 0 Å². The number of aromatic nitrogens is 3. The van der Waals surface area contributed by atoms with E-state index in [0.717, 1.165) is 27.8 Å². The van der Waals surface area contributed by atoms with Gasteiger partial charge in [0.25, 0.3) is 0 Å². The number of nitrogen functional groups attached to an aromatic ring is 2. The Morgan fingerprint density at radius 1 is 1.17 bits per heavy atom. The molecule has 0 saturated carbocycles. The first-order valence-electron chi connectivity index (χ1n) is 7.61. The number of benzene rings is 1. The number of nitrogens with two attached hydrogens (primary N) is 2. The summed E-state index contributed by atoms with van der Waals surface area (Å²) in [5.41, 5.74) is 14.5. The average molecular weight is 311 g/mol. The number of nitrogens with zero attached hydrogens (tertiary/aromatic N) is 2. The molecule has 0 aliphatic carbocycles. The van der Waals surface area contributed by atoms with Crippen molar-refractivity contribution in [3.8, 4) is 5.75 Å². The largest absolute Gasteiger partial charge is 0.490 e. The number of rotatable bonds is 4. The molecule has 2 heterocycles. The fourth-order valence-electron chi connectivity index (χ4n) is 2.69. The first kappa shape index (κ1) is 15.1. The lowest BCUT2D eigenvalue weighted by Crippen LogP contribution is -2.09. The highest BCUT2D eigenvalue weighted by Crippen LogP contribution is 2.34. The number of hydrogen-bond acceptors (Lipinski definition) is 5. The van der Waals surface area contributed by atoms with Gasteiger partial charge in [0.2, 0.25) is 5.95 Å². The summed E-state index contributed by atoms with van der Waals surface area (Å²) in [5, 5.41) is 1.07. The van der Waals surface area contributed by atoms with Gasteiger partial charge in [-0.2, -0.15) is 4.98 Å². The molecule has 1 unspecified atom stereocenters. The second-order valence-electron chi connectivity index (χ2n) is 5.92. The van der Waals surface area contributed by atoms with Gasteiger partial charge in [-0.1, -0.05) is 6.92 Å². The molecule has 23 heavy (non-hydrogen) atoms. The molecule has 0 fully saturated rings. The molecule has 3 aromatic rings. The maximum atomic E-state index is 6.00. The molecule has 1 atom stereocenters. The van der Waals surface area contributed by atoms with E-state index in [0.29, 0.717) is 5.82 Å². The smallest absolute Gasteiger partial charge is 0.221 e. The normalized spacial score (nSPS) is 12.7. The van der Waals surface area contributed by atoms with Crippen molar-refractivity contribution in [1.29, 1.82) is 0 Å². The van der Waals surface area contributed by atoms with Crippen LogP contribution in [0.25, 0.3) is 10.9 Å². The number of ether oxygens (including phenoxy) is 1. The summed E-state index contributed by atoms with van der Waals surface area (Å²) < 4.78 is 5.96. The van der Waals surface area contributed by atoms with Crippen LogP contribution in [0, 0.1) is 0 Å². The number of anilines is 2. The lowest BCUT2D eigenvalue weighted by atomic mass is 9.93. The van der Waals surface area contributed by atoms with Gasteiger partial charge in [-0.25, -0.2) is 4.98 Å². The summed E-state index contributed by atoms with van der Waals surface area (Å²) in [6.45, 7) is 6.09. The molecule has 0 amide bonds. The van der Waals surface area contributed by atoms with Crippen LogP contribution in [0.4, 0.5) is 11.8 Å². The van der Waals surface area contributed by atoms with E-state index in [1.165, 1.54) is 0 Å². The lowest BCUT2D eigenvalue weighted by Gasteiger charge is -2.17. The van der Waals surface area contributed by atoms with Crippen LogP contribution in [0.1, 0.15) is 37.8 Å². The quantitative estimate of drug-likeness (QED) is 0.687. The minimum absolute atomic E-state index is 0.0258. The molecule has 0 saturated heterocycles. The molecular formula is C17H21N5O. The predicted octanol–water partition coefficient (Wildman–Crippen LogP) is 3.06. The van der Waals surface area contributed by atoms with Crippen LogP contribution >= 0.6 is 0 Å². The summed E-state index contributed by atoms with van der Waals surface area (Å²) in [5.74, 6) is 1.47. The maximum absolute atomic E-state index is 6.00. The van der Waals surface area contributed by atoms with Crippen molar-refractivity contribution in [2.45, 2.75) is 32.8 Å². The highest BCUT2D eigenvalue weighted by atomic mass is 16.5. The summed E-state index contributed by atoms with van der Waals surface area (Å²) in [7, 11) is 0. The Balaban J connectivity index is 2.08. The molecule has 3 rings (SSSR count). The number of nitrogens with one attached hydrogen (secondary N) is 1. The van der Waals surface area contributed by atoms with Gasteiger partial charge in [-0.3, -0.25) is 0 Å². The minimum atomic E-state index is 0.0258. The van der Waals surface area contributed by atoms with Gasteiger partial charge in [0.05, 0.1) is 6.10 Å². The molecule has 6 nitrogen and oxygen atoms in total. The van der Waals surface area contributed by atoms with Gasteiger partial charge in [0, 0.05) is 34.8 Å². The van der Waals surface area contributed by atoms with Gasteiger partial charge >= 0.3 is 0 Å². The van der Waals surface area contributed by atoms with E-state index < -0.39 is 0 Å². The Morgan fingerprint density at radius 2 is 1.96 bits per heavy atom. The second-order valence-corrected chi connectivity index (χ2v) is 5.92. The predicted molar refractivity (Wildman–Crippen MR) is 92.4 cm³/mol. The Morgan fingerprint density at radius 3 is 2.65 bits per heavy atom. The standard InChI is InChI=1S/C17H21N5O/c1-9(2)23-15-7-11(6-14-12(15)4-5-20-14)10(3)13-8-21-17(19)22-16(13)18/h4-10,20H,1-3H3,(H4,18,19,21,22). The molecule has 0 spiro atoms. The molecule has 0 aliphatic rings. The van der Waals surface area contributed by atoms with Crippen molar-refractivity contribution in [2.75, 3.05) is 11.5 Å². The lowest BCUT2D eigenvalue weighted by molar-refractivity contribution is 0.245. The first-order chi connectivity index (χ1) is 11.0. The van der Waals surface area contributed by atoms with Crippen molar-refractivity contribution >= 4 is 22.7 Å². The Kier molecular flexibility index (Phi) is 3.82. The van der Waals surface area contributed by atoms with Gasteiger partial charge in [-0.05, 0) is 37.6 Å². The molecule has 0 radical (unpaired) electrons. The van der Waals surface area contributed by atoms with E-state index in [9.17, 15) is 0 Å². The van der Waals surface area contributed by atoms with E-state index >= 15 is 0 Å². The number of hydrogen-bond donors (Lipinski definition) is 3. The van der Waals surface area contributed by atoms with Gasteiger partial charge in [0.1, 0.15) is 11.6 Å². The van der Waals surface area contributed by atoms with E-state index in [1.54, 1.807) is 6.20 Å². The number of H-pyrrole nitrogens is 1. The van der Waals surface area contributed by atoms with Crippen molar-refractivity contribution in [2.24, 2.45) is 0 Å². The van der Waals surface area contributed by atoms with Crippen LogP contribution in [0.5, 0.6) is 5.75 Å². The zero-order valence-corrected chi connectivity index (χ0v) is 13.5. The van der Waals surface area contributed by atoms with Crippen molar-refractivity contribution in [3.05, 3.63) is 41.7 Å². The Labute approximate surface area is 134 Å². The summed E-state index contributed by atoms with van der Waals surface area (Å²) in [6.07, 6.45) is 3.69. The third-order valence-corrected chi connectivity index (χ3v) is 3.85. The fourth-order valence-corrected chi connectivity index (χ4v) is 2.69. The zero-order valence-electron chi connectivity index (χ0n) is 13.5. The molecule has 6 heteroatoms. The Bertz CT molecular complexity index is 840. The van der Waals surface area contributed by atoms with Crippen molar-refractivity contribution in [1.82, 2.24) is 15.0 Å². The Hall–Kier alpha value is -2.76. The molecule has 2 aromatic heterocycles. The molecule has 0 aliphatic heterocycles. The minimum Gasteiger partial charge on any atom is -0.490 e. The van der Waals surface area contributed by atoms with Crippen LogP contribution in [0.2, 0.25) is 0 Å². The summed E-state index contributed by atoms with van der Waals surface area (Å²) in [4.78, 5) is 11.3. The first-order valence-corrected chi connectivity index (χ1v) is 7.61. The number of fused-ring (bicyclic) bond motifs is 1. The van der Waals surface area contributed by atoms with E-state index in [1.807, 2.05) is 26.1 Å². The third kappa shape index (κ3) is 2.92. The highest BCUT2D eigenvalue weighted by molar-refractivity contribution is 5.87. The molecule has 1 aromatic carbocycles. The number of aromatic amines is 1. The fraction of sp³-hybridized carbons (Fsp3) is 0.294. The highest BCUT2D eigenvalue weighted by Gasteiger charge is 2.17. The van der Waals surface area contributed by atoms with Crippen LogP contribution in [0.3, 0.4) is 0 Å². The zero-order chi connectivity index (χ0) is 16.6. The molecular weight excluding hydrogens is 290 g/mol. The SMILES string of the molecule is CC(C)Oc1cc(C(C)c2cnc(N)nc2N)cc2[nH]ccc12. The van der Waals surface area contributed by atoms with Crippen molar-refractivity contribution in [3.63, 3.8) is 0 Å². The monoisotopic (exact) mass is 311 g/mol. The molecule has 0 bridgehead atoms. The summed E-state index contributed by atoms with van der Waals surface area (Å²) in [6, 6.07) is 6.17. The van der Waals surface area contributed by atoms with Crippen LogP contribution < -0.4 is 16.2 Å². The third-order valence-electron chi connectivity index (χ3n) is 3.85. The molecule has 120 valence electrons. The van der Waals surface area contributed by atoms with Gasteiger partial charge in [0.15, 0.2) is 0 Å². The van der Waals surface area contributed by atoms with Crippen molar-refractivity contribution < 1.29 is 4.74 Å². The van der Waals surface area contributed by atoms with Gasteiger partial charge in [-0.15, -0.1) is 0 Å². The molecule has 5 N–H and O–H groups in total. The van der Waals surface area contributed by atoms with E-state index in [4.69, 9.17) is 16.2 Å². The van der Waals surface area contributed by atoms with Gasteiger partial charge < -0.3 is 21.2 Å². The topological polar surface area (TPSA) is 103 Å². The van der Waals surface area contributed by atoms with E-state index in [2.05, 4.69) is 34.0 Å². The van der Waals surface area contributed by atoms with Crippen LogP contribution in [-0.4, -0.2) is 21.1 Å². The van der Waals surface area contributed by atoms with Crippen LogP contribution in [0.15, 0.2) is 30.6 Å². The average Bonchev–Trinajstić information content (AvgIpc) is 2.94.